The topological polar surface area (TPSA) is 101 Å². The molecule has 200 valence electrons. The summed E-state index contributed by atoms with van der Waals surface area (Å²) in [6.07, 6.45) is 6.23. The Kier molecular flexibility index (Phi) is 6.95. The molecule has 1 heterocycles. The molecule has 2 aromatic carbocycles. The summed E-state index contributed by atoms with van der Waals surface area (Å²) >= 11 is 0. The molecule has 2 saturated carbocycles. The fourth-order valence-electron chi connectivity index (χ4n) is 5.01. The molecule has 11 heteroatoms. The van der Waals surface area contributed by atoms with E-state index in [1.165, 1.54) is 24.3 Å². The Morgan fingerprint density at radius 1 is 0.892 bits per heavy atom. The minimum absolute atomic E-state index is 0.00664. The Hall–Kier alpha value is -2.66. The predicted molar refractivity (Wildman–Crippen MR) is 137 cm³/mol. The number of rotatable bonds is 7. The van der Waals surface area contributed by atoms with E-state index in [9.17, 15) is 26.0 Å². The highest BCUT2D eigenvalue weighted by Crippen LogP contribution is 2.36. The fourth-order valence-corrected chi connectivity index (χ4v) is 7.32. The zero-order valence-electron chi connectivity index (χ0n) is 20.7. The average Bonchev–Trinajstić information content (AvgIpc) is 3.61. The van der Waals surface area contributed by atoms with Gasteiger partial charge in [-0.05, 0) is 74.9 Å². The largest absolute Gasteiger partial charge is 0.490 e. The Morgan fingerprint density at radius 3 is 2.14 bits per heavy atom. The molecule has 2 aliphatic carbocycles. The number of carbonyl (C=O) groups excluding carboxylic acids is 1. The van der Waals surface area contributed by atoms with Gasteiger partial charge in [0.05, 0.1) is 32.4 Å². The van der Waals surface area contributed by atoms with E-state index in [4.69, 9.17) is 4.74 Å². The number of ether oxygens (including phenoxy) is 1. The van der Waals surface area contributed by atoms with Crippen molar-refractivity contribution in [1.29, 1.82) is 0 Å². The molecule has 8 nitrogen and oxygen atoms in total. The standard InChI is InChI=1S/C26H31FN2O6S2/c1-36(31,32)20-8-10-24(23(27)17-20)28-12-14-29(15-13-28)26(30)22-16-21(37(33,34)19-6-7-19)9-11-25(22)35-18-4-2-3-5-18/h8-11,16-19H,2-7,12-15H2,1H3. The number of hydrogen-bond acceptors (Lipinski definition) is 7. The van der Waals surface area contributed by atoms with Gasteiger partial charge in [-0.25, -0.2) is 21.2 Å². The summed E-state index contributed by atoms with van der Waals surface area (Å²) in [7, 11) is -7.00. The highest BCUT2D eigenvalue weighted by Gasteiger charge is 2.38. The third kappa shape index (κ3) is 5.47. The van der Waals surface area contributed by atoms with Gasteiger partial charge in [0.25, 0.3) is 5.91 Å². The summed E-state index contributed by atoms with van der Waals surface area (Å²) in [4.78, 5) is 17.1. The molecule has 3 fully saturated rings. The van der Waals surface area contributed by atoms with E-state index in [1.807, 2.05) is 0 Å². The number of piperazine rings is 1. The van der Waals surface area contributed by atoms with Gasteiger partial charge in [-0.3, -0.25) is 4.79 Å². The Morgan fingerprint density at radius 2 is 1.54 bits per heavy atom. The molecule has 2 aromatic rings. The summed E-state index contributed by atoms with van der Waals surface area (Å²) < 4.78 is 70.0. The zero-order chi connectivity index (χ0) is 26.4. The number of sulfone groups is 2. The number of benzene rings is 2. The minimum Gasteiger partial charge on any atom is -0.490 e. The van der Waals surface area contributed by atoms with Crippen molar-refractivity contribution in [2.75, 3.05) is 37.3 Å². The van der Waals surface area contributed by atoms with Gasteiger partial charge in [0.1, 0.15) is 11.6 Å². The molecule has 5 rings (SSSR count). The van der Waals surface area contributed by atoms with Gasteiger partial charge in [-0.15, -0.1) is 0 Å². The lowest BCUT2D eigenvalue weighted by Gasteiger charge is -2.36. The summed E-state index contributed by atoms with van der Waals surface area (Å²) in [5, 5.41) is -0.385. The van der Waals surface area contributed by atoms with Crippen molar-refractivity contribution in [1.82, 2.24) is 4.90 Å². The normalized spacial score (nSPS) is 19.3. The molecule has 1 aliphatic heterocycles. The third-order valence-corrected chi connectivity index (χ3v) is 10.7. The van der Waals surface area contributed by atoms with Crippen LogP contribution < -0.4 is 9.64 Å². The highest BCUT2D eigenvalue weighted by atomic mass is 32.2. The molecule has 0 spiro atoms. The van der Waals surface area contributed by atoms with Crippen LogP contribution in [0.15, 0.2) is 46.2 Å². The minimum atomic E-state index is -3.52. The summed E-state index contributed by atoms with van der Waals surface area (Å²) in [6.45, 7) is 1.29. The second-order valence-electron chi connectivity index (χ2n) is 10.1. The number of anilines is 1. The molecule has 0 N–H and O–H groups in total. The summed E-state index contributed by atoms with van der Waals surface area (Å²) in [5.41, 5.74) is 0.521. The van der Waals surface area contributed by atoms with Gasteiger partial charge in [-0.1, -0.05) is 0 Å². The monoisotopic (exact) mass is 550 g/mol. The molecular formula is C26H31FN2O6S2. The number of halogens is 1. The first-order valence-electron chi connectivity index (χ1n) is 12.6. The van der Waals surface area contributed by atoms with E-state index >= 15 is 0 Å². The fraction of sp³-hybridized carbons (Fsp3) is 0.500. The molecule has 1 saturated heterocycles. The molecule has 0 radical (unpaired) electrons. The lowest BCUT2D eigenvalue weighted by atomic mass is 10.1. The van der Waals surface area contributed by atoms with E-state index in [1.54, 1.807) is 15.9 Å². The van der Waals surface area contributed by atoms with Crippen molar-refractivity contribution in [3.8, 4) is 5.75 Å². The number of amides is 1. The van der Waals surface area contributed by atoms with Crippen LogP contribution in [0.25, 0.3) is 0 Å². The summed E-state index contributed by atoms with van der Waals surface area (Å²) in [6, 6.07) is 8.44. The maximum absolute atomic E-state index is 14.7. The first-order valence-corrected chi connectivity index (χ1v) is 16.1. The third-order valence-electron chi connectivity index (χ3n) is 7.32. The van der Waals surface area contributed by atoms with Crippen LogP contribution in [0.5, 0.6) is 5.75 Å². The second-order valence-corrected chi connectivity index (χ2v) is 14.3. The first kappa shape index (κ1) is 26.0. The van der Waals surface area contributed by atoms with Crippen molar-refractivity contribution in [3.63, 3.8) is 0 Å². The van der Waals surface area contributed by atoms with Crippen LogP contribution in [-0.2, 0) is 19.7 Å². The van der Waals surface area contributed by atoms with Crippen LogP contribution in [0.4, 0.5) is 10.1 Å². The zero-order valence-corrected chi connectivity index (χ0v) is 22.4. The van der Waals surface area contributed by atoms with Crippen LogP contribution in [0.2, 0.25) is 0 Å². The van der Waals surface area contributed by atoms with Crippen LogP contribution in [0.1, 0.15) is 48.9 Å². The molecule has 0 atom stereocenters. The van der Waals surface area contributed by atoms with Crippen LogP contribution in [-0.4, -0.2) is 71.4 Å². The highest BCUT2D eigenvalue weighted by molar-refractivity contribution is 7.92. The Labute approximate surface area is 217 Å². The quantitative estimate of drug-likeness (QED) is 0.521. The first-order chi connectivity index (χ1) is 17.5. The van der Waals surface area contributed by atoms with Gasteiger partial charge in [0, 0.05) is 32.4 Å². The molecular weight excluding hydrogens is 519 g/mol. The van der Waals surface area contributed by atoms with E-state index in [2.05, 4.69) is 0 Å². The van der Waals surface area contributed by atoms with Crippen LogP contribution in [0.3, 0.4) is 0 Å². The average molecular weight is 551 g/mol. The van der Waals surface area contributed by atoms with Gasteiger partial charge in [-0.2, -0.15) is 0 Å². The van der Waals surface area contributed by atoms with Crippen LogP contribution >= 0.6 is 0 Å². The van der Waals surface area contributed by atoms with E-state index in [0.29, 0.717) is 44.8 Å². The molecule has 1 amide bonds. The van der Waals surface area contributed by atoms with Crippen molar-refractivity contribution in [2.45, 2.75) is 59.7 Å². The molecule has 0 bridgehead atoms. The number of carbonyl (C=O) groups is 1. The SMILES string of the molecule is CS(=O)(=O)c1ccc(N2CCN(C(=O)c3cc(S(=O)(=O)C4CC4)ccc3OC3CCCC3)CC2)c(F)c1. The van der Waals surface area contributed by atoms with Gasteiger partial charge in [0.2, 0.25) is 0 Å². The lowest BCUT2D eigenvalue weighted by Crippen LogP contribution is -2.49. The van der Waals surface area contributed by atoms with Crippen molar-refractivity contribution in [3.05, 3.63) is 47.8 Å². The predicted octanol–water partition coefficient (Wildman–Crippen LogP) is 3.45. The van der Waals surface area contributed by atoms with Gasteiger partial charge >= 0.3 is 0 Å². The maximum Gasteiger partial charge on any atom is 0.257 e. The van der Waals surface area contributed by atoms with Gasteiger partial charge in [0.15, 0.2) is 19.7 Å². The Balaban J connectivity index is 1.35. The van der Waals surface area contributed by atoms with Crippen molar-refractivity contribution >= 4 is 31.3 Å². The van der Waals surface area contributed by atoms with Crippen molar-refractivity contribution in [2.24, 2.45) is 0 Å². The second kappa shape index (κ2) is 9.90. The van der Waals surface area contributed by atoms with Gasteiger partial charge < -0.3 is 14.5 Å². The number of nitrogens with zero attached hydrogens (tertiary/aromatic N) is 2. The maximum atomic E-state index is 14.7. The van der Waals surface area contributed by atoms with E-state index in [-0.39, 0.29) is 38.3 Å². The molecule has 0 aromatic heterocycles. The molecule has 3 aliphatic rings. The molecule has 0 unspecified atom stereocenters. The number of hydrogen-bond donors (Lipinski definition) is 0. The lowest BCUT2D eigenvalue weighted by molar-refractivity contribution is 0.0739. The Bertz CT molecular complexity index is 1410. The smallest absolute Gasteiger partial charge is 0.257 e. The van der Waals surface area contributed by atoms with E-state index < -0.39 is 25.5 Å². The molecule has 37 heavy (non-hydrogen) atoms. The van der Waals surface area contributed by atoms with E-state index in [0.717, 1.165) is 38.0 Å². The van der Waals surface area contributed by atoms with Crippen molar-refractivity contribution < 1.29 is 30.8 Å². The van der Waals surface area contributed by atoms with Crippen LogP contribution in [0, 0.1) is 5.82 Å². The summed E-state index contributed by atoms with van der Waals surface area (Å²) in [5.74, 6) is -0.544.